The number of sulfonamides is 1. The lowest BCUT2D eigenvalue weighted by Gasteiger charge is -2.32. The standard InChI is InChI=1S/C11H22N2O3S.ClH/c12-8-11-9-13(5-6-16-11)17(14,15)7-4-10-2-1-3-10;/h10-11H,1-9,12H2;1H. The van der Waals surface area contributed by atoms with Crippen LogP contribution >= 0.6 is 12.4 Å². The van der Waals surface area contributed by atoms with Crippen LogP contribution in [-0.2, 0) is 14.8 Å². The molecule has 0 radical (unpaired) electrons. The van der Waals surface area contributed by atoms with Gasteiger partial charge < -0.3 is 10.5 Å². The highest BCUT2D eigenvalue weighted by molar-refractivity contribution is 7.89. The number of morpholine rings is 1. The highest BCUT2D eigenvalue weighted by Crippen LogP contribution is 2.30. The maximum absolute atomic E-state index is 12.1. The number of ether oxygens (including phenoxy) is 1. The minimum Gasteiger partial charge on any atom is -0.374 e. The van der Waals surface area contributed by atoms with Crippen LogP contribution < -0.4 is 5.73 Å². The first kappa shape index (κ1) is 16.2. The van der Waals surface area contributed by atoms with Gasteiger partial charge in [-0.25, -0.2) is 8.42 Å². The average Bonchev–Trinajstić information content (AvgIpc) is 2.27. The number of halogens is 1. The van der Waals surface area contributed by atoms with Gasteiger partial charge in [-0.3, -0.25) is 0 Å². The summed E-state index contributed by atoms with van der Waals surface area (Å²) in [5, 5.41) is 0. The highest BCUT2D eigenvalue weighted by atomic mass is 35.5. The lowest BCUT2D eigenvalue weighted by Crippen LogP contribution is -2.48. The summed E-state index contributed by atoms with van der Waals surface area (Å²) in [7, 11) is -3.10. The minimum atomic E-state index is -3.10. The summed E-state index contributed by atoms with van der Waals surface area (Å²) in [5.41, 5.74) is 5.52. The van der Waals surface area contributed by atoms with Gasteiger partial charge in [0, 0.05) is 19.6 Å². The van der Waals surface area contributed by atoms with Crippen LogP contribution in [0.1, 0.15) is 25.7 Å². The molecule has 1 heterocycles. The van der Waals surface area contributed by atoms with E-state index >= 15 is 0 Å². The van der Waals surface area contributed by atoms with Crippen molar-refractivity contribution >= 4 is 22.4 Å². The van der Waals surface area contributed by atoms with Crippen molar-refractivity contribution in [2.75, 3.05) is 32.0 Å². The first-order valence-corrected chi connectivity index (χ1v) is 8.02. The largest absolute Gasteiger partial charge is 0.374 e. The summed E-state index contributed by atoms with van der Waals surface area (Å²) in [4.78, 5) is 0. The van der Waals surface area contributed by atoms with E-state index in [-0.39, 0.29) is 24.3 Å². The molecule has 0 bridgehead atoms. The molecule has 1 atom stereocenters. The van der Waals surface area contributed by atoms with Gasteiger partial charge in [0.2, 0.25) is 10.0 Å². The summed E-state index contributed by atoms with van der Waals surface area (Å²) in [6.45, 7) is 1.74. The summed E-state index contributed by atoms with van der Waals surface area (Å²) >= 11 is 0. The Labute approximate surface area is 116 Å². The van der Waals surface area contributed by atoms with E-state index in [0.29, 0.717) is 32.2 Å². The summed E-state index contributed by atoms with van der Waals surface area (Å²) in [6.07, 6.45) is 4.33. The highest BCUT2D eigenvalue weighted by Gasteiger charge is 2.30. The van der Waals surface area contributed by atoms with E-state index in [2.05, 4.69) is 0 Å². The van der Waals surface area contributed by atoms with Crippen molar-refractivity contribution in [2.24, 2.45) is 11.7 Å². The van der Waals surface area contributed by atoms with Crippen LogP contribution in [0.15, 0.2) is 0 Å². The molecule has 2 aliphatic rings. The fourth-order valence-corrected chi connectivity index (χ4v) is 3.95. The van der Waals surface area contributed by atoms with Crippen LogP contribution in [0, 0.1) is 5.92 Å². The Morgan fingerprint density at radius 2 is 2.06 bits per heavy atom. The summed E-state index contributed by atoms with van der Waals surface area (Å²) in [6, 6.07) is 0. The van der Waals surface area contributed by atoms with E-state index in [4.69, 9.17) is 10.5 Å². The van der Waals surface area contributed by atoms with Gasteiger partial charge in [-0.15, -0.1) is 12.4 Å². The molecule has 1 saturated heterocycles. The van der Waals surface area contributed by atoms with Gasteiger partial charge in [-0.2, -0.15) is 4.31 Å². The number of hydrogen-bond acceptors (Lipinski definition) is 4. The van der Waals surface area contributed by atoms with Gasteiger partial charge in [0.1, 0.15) is 0 Å². The van der Waals surface area contributed by atoms with Crippen molar-refractivity contribution in [1.29, 1.82) is 0 Å². The number of rotatable bonds is 5. The molecule has 7 heteroatoms. The lowest BCUT2D eigenvalue weighted by molar-refractivity contribution is 0.00446. The van der Waals surface area contributed by atoms with Crippen molar-refractivity contribution in [2.45, 2.75) is 31.8 Å². The van der Waals surface area contributed by atoms with Crippen molar-refractivity contribution in [1.82, 2.24) is 4.31 Å². The topological polar surface area (TPSA) is 72.6 Å². The first-order valence-electron chi connectivity index (χ1n) is 6.41. The van der Waals surface area contributed by atoms with Crippen LogP contribution in [0.3, 0.4) is 0 Å². The molecule has 1 unspecified atom stereocenters. The Morgan fingerprint density at radius 3 is 2.61 bits per heavy atom. The molecule has 1 saturated carbocycles. The maximum atomic E-state index is 12.1. The fourth-order valence-electron chi connectivity index (χ4n) is 2.31. The van der Waals surface area contributed by atoms with E-state index in [9.17, 15) is 8.42 Å². The molecule has 2 fully saturated rings. The molecular weight excluding hydrogens is 276 g/mol. The quantitative estimate of drug-likeness (QED) is 0.806. The Hall–Kier alpha value is 0.120. The van der Waals surface area contributed by atoms with Crippen molar-refractivity contribution in [3.63, 3.8) is 0 Å². The predicted molar refractivity (Wildman–Crippen MR) is 73.4 cm³/mol. The van der Waals surface area contributed by atoms with Crippen LogP contribution in [0.5, 0.6) is 0 Å². The van der Waals surface area contributed by atoms with E-state index in [0.717, 1.165) is 6.42 Å². The molecule has 5 nitrogen and oxygen atoms in total. The predicted octanol–water partition coefficient (Wildman–Crippen LogP) is 0.588. The van der Waals surface area contributed by atoms with Crippen molar-refractivity contribution in [3.05, 3.63) is 0 Å². The van der Waals surface area contributed by atoms with Gasteiger partial charge >= 0.3 is 0 Å². The third-order valence-electron chi connectivity index (χ3n) is 3.77. The molecule has 0 spiro atoms. The number of nitrogens with zero attached hydrogens (tertiary/aromatic N) is 1. The van der Waals surface area contributed by atoms with Crippen LogP contribution in [0.4, 0.5) is 0 Å². The second kappa shape index (κ2) is 7.05. The smallest absolute Gasteiger partial charge is 0.214 e. The molecule has 2 N–H and O–H groups in total. The fraction of sp³-hybridized carbons (Fsp3) is 1.00. The van der Waals surface area contributed by atoms with Crippen LogP contribution in [0.2, 0.25) is 0 Å². The Morgan fingerprint density at radius 1 is 1.33 bits per heavy atom. The van der Waals surface area contributed by atoms with Gasteiger partial charge in [0.25, 0.3) is 0 Å². The Bertz CT molecular complexity index is 346. The molecule has 0 amide bonds. The lowest BCUT2D eigenvalue weighted by atomic mass is 9.84. The Kier molecular flexibility index (Phi) is 6.34. The molecule has 108 valence electrons. The minimum absolute atomic E-state index is 0. The van der Waals surface area contributed by atoms with E-state index in [1.54, 1.807) is 4.31 Å². The normalized spacial score (nSPS) is 26.4. The zero-order valence-corrected chi connectivity index (χ0v) is 12.2. The zero-order valence-electron chi connectivity index (χ0n) is 10.6. The molecule has 18 heavy (non-hydrogen) atoms. The third-order valence-corrected chi connectivity index (χ3v) is 5.64. The van der Waals surface area contributed by atoms with Gasteiger partial charge in [-0.1, -0.05) is 19.3 Å². The molecule has 2 rings (SSSR count). The van der Waals surface area contributed by atoms with Gasteiger partial charge in [0.15, 0.2) is 0 Å². The zero-order chi connectivity index (χ0) is 12.3. The summed E-state index contributed by atoms with van der Waals surface area (Å²) in [5.74, 6) is 0.922. The van der Waals surface area contributed by atoms with Crippen molar-refractivity contribution < 1.29 is 13.2 Å². The molecule has 0 aromatic rings. The molecule has 0 aromatic carbocycles. The van der Waals surface area contributed by atoms with Crippen LogP contribution in [0.25, 0.3) is 0 Å². The second-order valence-electron chi connectivity index (χ2n) is 4.99. The first-order chi connectivity index (χ1) is 8.12. The van der Waals surface area contributed by atoms with Gasteiger partial charge in [-0.05, 0) is 12.3 Å². The Balaban J connectivity index is 0.00000162. The monoisotopic (exact) mass is 298 g/mol. The van der Waals surface area contributed by atoms with E-state index < -0.39 is 10.0 Å². The van der Waals surface area contributed by atoms with Gasteiger partial charge in [0.05, 0.1) is 18.5 Å². The van der Waals surface area contributed by atoms with Crippen molar-refractivity contribution in [3.8, 4) is 0 Å². The maximum Gasteiger partial charge on any atom is 0.214 e. The second-order valence-corrected chi connectivity index (χ2v) is 7.08. The SMILES string of the molecule is Cl.NCC1CN(S(=O)(=O)CCC2CCC2)CCO1. The molecule has 0 aromatic heterocycles. The molecule has 1 aliphatic carbocycles. The average molecular weight is 299 g/mol. The van der Waals surface area contributed by atoms with E-state index in [1.807, 2.05) is 0 Å². The van der Waals surface area contributed by atoms with Crippen LogP contribution in [-0.4, -0.2) is 50.8 Å². The number of hydrogen-bond donors (Lipinski definition) is 1. The number of nitrogens with two attached hydrogens (primary N) is 1. The molecule has 1 aliphatic heterocycles. The third kappa shape index (κ3) is 4.06. The van der Waals surface area contributed by atoms with E-state index in [1.165, 1.54) is 19.3 Å². The summed E-state index contributed by atoms with van der Waals surface area (Å²) < 4.78 is 31.2. The molecular formula is C11H23ClN2O3S.